The Hall–Kier alpha value is -3.39. The van der Waals surface area contributed by atoms with Gasteiger partial charge in [0.25, 0.3) is 5.56 Å². The fraction of sp³-hybridized carbons (Fsp3) is 0.571. The van der Waals surface area contributed by atoms with Crippen LogP contribution in [0.25, 0.3) is 0 Å². The van der Waals surface area contributed by atoms with Crippen LogP contribution in [-0.4, -0.2) is 70.2 Å². The Labute approximate surface area is 202 Å². The molecule has 1 N–H and O–H groups in total. The molecule has 36 heavy (non-hydrogen) atoms. The fourth-order valence-corrected chi connectivity index (χ4v) is 3.74. The topological polar surface area (TPSA) is 98.3 Å². The molecule has 1 amide bonds. The van der Waals surface area contributed by atoms with E-state index >= 15 is 0 Å². The van der Waals surface area contributed by atoms with Crippen molar-refractivity contribution >= 4 is 17.7 Å². The number of amides is 1. The van der Waals surface area contributed by atoms with Crippen molar-refractivity contribution in [2.45, 2.75) is 38.5 Å². The highest BCUT2D eigenvalue weighted by atomic mass is 19.4. The van der Waals surface area contributed by atoms with Crippen LogP contribution in [0.5, 0.6) is 0 Å². The van der Waals surface area contributed by atoms with Crippen molar-refractivity contribution < 1.29 is 31.1 Å². The van der Waals surface area contributed by atoms with Gasteiger partial charge in [0.2, 0.25) is 11.9 Å². The second-order valence-corrected chi connectivity index (χ2v) is 8.19. The average Bonchev–Trinajstić information content (AvgIpc) is 2.83. The van der Waals surface area contributed by atoms with Gasteiger partial charge in [-0.3, -0.25) is 9.59 Å². The number of carbonyl (C=O) groups excluding carboxylic acids is 1. The molecule has 1 aliphatic heterocycles. The smallest absolute Gasteiger partial charge is 0.355 e. The summed E-state index contributed by atoms with van der Waals surface area (Å²) >= 11 is 0. The summed E-state index contributed by atoms with van der Waals surface area (Å²) in [6, 6.07) is 0.707. The van der Waals surface area contributed by atoms with Crippen LogP contribution in [-0.2, 0) is 17.1 Å². The number of alkyl halides is 6. The zero-order chi connectivity index (χ0) is 26.5. The molecule has 0 saturated carbocycles. The third-order valence-corrected chi connectivity index (χ3v) is 5.61. The van der Waals surface area contributed by atoms with Gasteiger partial charge in [-0.1, -0.05) is 6.92 Å². The summed E-state index contributed by atoms with van der Waals surface area (Å²) in [7, 11) is 0. The number of nitrogens with one attached hydrogen (secondary N) is 1. The van der Waals surface area contributed by atoms with E-state index in [1.807, 2.05) is 12.0 Å². The minimum Gasteiger partial charge on any atom is -0.355 e. The van der Waals surface area contributed by atoms with Crippen molar-refractivity contribution in [1.82, 2.24) is 25.1 Å². The third kappa shape index (κ3) is 6.85. The van der Waals surface area contributed by atoms with Crippen molar-refractivity contribution in [2.75, 3.05) is 49.1 Å². The molecule has 198 valence electrons. The van der Waals surface area contributed by atoms with E-state index in [-0.39, 0.29) is 30.6 Å². The molecule has 0 spiro atoms. The van der Waals surface area contributed by atoms with E-state index in [1.54, 1.807) is 14.7 Å². The van der Waals surface area contributed by atoms with Crippen LogP contribution in [0.3, 0.4) is 0 Å². The van der Waals surface area contributed by atoms with E-state index in [4.69, 9.17) is 0 Å². The van der Waals surface area contributed by atoms with Crippen molar-refractivity contribution in [3.63, 3.8) is 0 Å². The summed E-state index contributed by atoms with van der Waals surface area (Å²) in [5.41, 5.74) is -3.60. The molecule has 0 unspecified atom stereocenters. The molecule has 3 heterocycles. The van der Waals surface area contributed by atoms with Crippen LogP contribution in [0.1, 0.15) is 37.3 Å². The molecule has 0 atom stereocenters. The summed E-state index contributed by atoms with van der Waals surface area (Å²) in [5.74, 6) is -0.0249. The number of anilines is 2. The highest BCUT2D eigenvalue weighted by Crippen LogP contribution is 2.29. The number of carbonyl (C=O) groups is 1. The molecule has 1 aliphatic rings. The van der Waals surface area contributed by atoms with Gasteiger partial charge in [0.1, 0.15) is 11.4 Å². The Kier molecular flexibility index (Phi) is 8.40. The second-order valence-electron chi connectivity index (χ2n) is 8.19. The Bertz CT molecular complexity index is 1080. The van der Waals surface area contributed by atoms with Gasteiger partial charge in [-0.15, -0.1) is 0 Å². The number of halogens is 6. The van der Waals surface area contributed by atoms with Gasteiger partial charge in [-0.2, -0.15) is 31.4 Å². The number of aromatic amines is 1. The SMILES string of the molecule is CCCN(CCCC(=O)N1CCN(c2ncc(C(F)(F)F)cn2)CC1)c1cc(C(F)(F)F)c(=O)[nH]n1. The zero-order valence-electron chi connectivity index (χ0n) is 19.4. The lowest BCUT2D eigenvalue weighted by Gasteiger charge is -2.35. The number of H-pyrrole nitrogens is 1. The number of aromatic nitrogens is 4. The maximum absolute atomic E-state index is 13.1. The predicted octanol–water partition coefficient (Wildman–Crippen LogP) is 2.94. The van der Waals surface area contributed by atoms with Crippen LogP contribution >= 0.6 is 0 Å². The molecule has 0 radical (unpaired) electrons. The number of hydrogen-bond acceptors (Lipinski definition) is 7. The first-order valence-corrected chi connectivity index (χ1v) is 11.2. The molecule has 1 saturated heterocycles. The van der Waals surface area contributed by atoms with Gasteiger partial charge >= 0.3 is 12.4 Å². The van der Waals surface area contributed by atoms with E-state index < -0.39 is 29.0 Å². The first kappa shape index (κ1) is 27.2. The number of nitrogens with zero attached hydrogens (tertiary/aromatic N) is 6. The first-order valence-electron chi connectivity index (χ1n) is 11.2. The summed E-state index contributed by atoms with van der Waals surface area (Å²) in [6.45, 7) is 3.85. The van der Waals surface area contributed by atoms with Crippen molar-refractivity contribution in [3.05, 3.63) is 39.9 Å². The fourth-order valence-electron chi connectivity index (χ4n) is 3.74. The summed E-state index contributed by atoms with van der Waals surface area (Å²) in [6.07, 6.45) is -6.79. The normalized spacial score (nSPS) is 14.8. The monoisotopic (exact) mass is 521 g/mol. The third-order valence-electron chi connectivity index (χ3n) is 5.61. The standard InChI is InChI=1S/C21H25F6N7O2/c1-2-5-32(16-11-15(21(25,26)27)18(36)31-30-16)6-3-4-17(35)33-7-9-34(10-8-33)19-28-12-14(13-29-19)20(22,23)24/h11-13H,2-10H2,1H3,(H,31,36). The Morgan fingerprint density at radius 1 is 1.03 bits per heavy atom. The van der Waals surface area contributed by atoms with Crippen LogP contribution in [0.2, 0.25) is 0 Å². The largest absolute Gasteiger partial charge is 0.421 e. The van der Waals surface area contributed by atoms with E-state index in [0.717, 1.165) is 12.4 Å². The molecular weight excluding hydrogens is 496 g/mol. The lowest BCUT2D eigenvalue weighted by atomic mass is 10.2. The first-order chi connectivity index (χ1) is 16.9. The van der Waals surface area contributed by atoms with Gasteiger partial charge in [0.15, 0.2) is 0 Å². The maximum atomic E-state index is 13.1. The molecule has 0 bridgehead atoms. The molecular formula is C21H25F6N7O2. The molecule has 2 aromatic rings. The lowest BCUT2D eigenvalue weighted by molar-refractivity contribution is -0.139. The van der Waals surface area contributed by atoms with Gasteiger partial charge in [0, 0.05) is 64.1 Å². The Morgan fingerprint density at radius 3 is 2.22 bits per heavy atom. The Morgan fingerprint density at radius 2 is 1.67 bits per heavy atom. The summed E-state index contributed by atoms with van der Waals surface area (Å²) in [4.78, 5) is 36.5. The highest BCUT2D eigenvalue weighted by Gasteiger charge is 2.35. The molecule has 3 rings (SSSR count). The predicted molar refractivity (Wildman–Crippen MR) is 117 cm³/mol. The molecule has 15 heteroatoms. The number of hydrogen-bond donors (Lipinski definition) is 1. The zero-order valence-corrected chi connectivity index (χ0v) is 19.4. The average molecular weight is 521 g/mol. The lowest BCUT2D eigenvalue weighted by Crippen LogP contribution is -2.49. The van der Waals surface area contributed by atoms with E-state index in [9.17, 15) is 35.9 Å². The molecule has 0 aromatic carbocycles. The molecule has 1 fully saturated rings. The van der Waals surface area contributed by atoms with Gasteiger partial charge in [-0.25, -0.2) is 15.1 Å². The molecule has 0 aliphatic carbocycles. The summed E-state index contributed by atoms with van der Waals surface area (Å²) < 4.78 is 77.2. The van der Waals surface area contributed by atoms with Gasteiger partial charge < -0.3 is 14.7 Å². The van der Waals surface area contributed by atoms with Gasteiger partial charge in [-0.05, 0) is 12.8 Å². The highest BCUT2D eigenvalue weighted by molar-refractivity contribution is 5.76. The summed E-state index contributed by atoms with van der Waals surface area (Å²) in [5, 5.41) is 5.61. The molecule has 9 nitrogen and oxygen atoms in total. The Balaban J connectivity index is 1.52. The second kappa shape index (κ2) is 11.1. The van der Waals surface area contributed by atoms with E-state index in [0.29, 0.717) is 51.6 Å². The number of rotatable bonds is 8. The van der Waals surface area contributed by atoms with Crippen LogP contribution in [0.15, 0.2) is 23.3 Å². The van der Waals surface area contributed by atoms with Crippen LogP contribution in [0, 0.1) is 0 Å². The minimum absolute atomic E-state index is 0.0265. The van der Waals surface area contributed by atoms with Gasteiger partial charge in [0.05, 0.1) is 5.56 Å². The quantitative estimate of drug-likeness (QED) is 0.534. The minimum atomic E-state index is -4.81. The molecule has 2 aromatic heterocycles. The van der Waals surface area contributed by atoms with Crippen molar-refractivity contribution in [1.29, 1.82) is 0 Å². The van der Waals surface area contributed by atoms with Crippen molar-refractivity contribution in [3.8, 4) is 0 Å². The van der Waals surface area contributed by atoms with Crippen molar-refractivity contribution in [2.24, 2.45) is 0 Å². The van der Waals surface area contributed by atoms with Crippen LogP contribution in [0.4, 0.5) is 38.1 Å². The van der Waals surface area contributed by atoms with E-state index in [2.05, 4.69) is 15.1 Å². The van der Waals surface area contributed by atoms with E-state index in [1.165, 1.54) is 0 Å². The number of piperazine rings is 1. The maximum Gasteiger partial charge on any atom is 0.421 e. The van der Waals surface area contributed by atoms with Crippen LogP contribution < -0.4 is 15.4 Å².